The molecular formula is C21H22N2O7. The van der Waals surface area contributed by atoms with E-state index in [4.69, 9.17) is 14.2 Å². The molecule has 1 aliphatic carbocycles. The molecule has 2 aromatic carbocycles. The van der Waals surface area contributed by atoms with Crippen molar-refractivity contribution < 1.29 is 28.7 Å². The minimum Gasteiger partial charge on any atom is -0.496 e. The number of rotatable bonds is 8. The molecule has 0 aliphatic heterocycles. The molecule has 30 heavy (non-hydrogen) atoms. The van der Waals surface area contributed by atoms with Gasteiger partial charge in [-0.05, 0) is 61.6 Å². The number of amides is 1. The van der Waals surface area contributed by atoms with E-state index >= 15 is 0 Å². The zero-order chi connectivity index (χ0) is 21.7. The van der Waals surface area contributed by atoms with E-state index in [1.807, 2.05) is 12.1 Å². The van der Waals surface area contributed by atoms with E-state index in [0.29, 0.717) is 5.75 Å². The molecule has 0 heterocycles. The molecule has 0 radical (unpaired) electrons. The molecule has 0 saturated heterocycles. The number of nitrogens with one attached hydrogen (secondary N) is 1. The van der Waals surface area contributed by atoms with Gasteiger partial charge in [-0.25, -0.2) is 4.79 Å². The predicted molar refractivity (Wildman–Crippen MR) is 108 cm³/mol. The Hall–Kier alpha value is -3.62. The third-order valence-electron chi connectivity index (χ3n) is 4.76. The molecule has 0 spiro atoms. The topological polar surface area (TPSA) is 117 Å². The molecule has 9 nitrogen and oxygen atoms in total. The summed E-state index contributed by atoms with van der Waals surface area (Å²) in [6, 6.07) is 9.71. The molecule has 158 valence electrons. The van der Waals surface area contributed by atoms with Crippen LogP contribution in [0, 0.1) is 10.1 Å². The second-order valence-corrected chi connectivity index (χ2v) is 6.83. The zero-order valence-electron chi connectivity index (χ0n) is 16.7. The van der Waals surface area contributed by atoms with Crippen molar-refractivity contribution in [2.24, 2.45) is 0 Å². The van der Waals surface area contributed by atoms with Crippen molar-refractivity contribution in [1.29, 1.82) is 0 Å². The number of ether oxygens (including phenoxy) is 3. The van der Waals surface area contributed by atoms with Crippen molar-refractivity contribution in [1.82, 2.24) is 0 Å². The molecule has 0 unspecified atom stereocenters. The first-order chi connectivity index (χ1) is 14.4. The van der Waals surface area contributed by atoms with Crippen LogP contribution >= 0.6 is 0 Å². The maximum Gasteiger partial charge on any atom is 0.344 e. The molecule has 3 rings (SSSR count). The lowest BCUT2D eigenvalue weighted by molar-refractivity contribution is -0.384. The predicted octanol–water partition coefficient (Wildman–Crippen LogP) is 3.04. The van der Waals surface area contributed by atoms with Crippen molar-refractivity contribution in [3.05, 3.63) is 57.6 Å². The Morgan fingerprint density at radius 1 is 1.13 bits per heavy atom. The number of aryl methyl sites for hydroxylation is 2. The summed E-state index contributed by atoms with van der Waals surface area (Å²) in [5.74, 6) is -0.571. The monoisotopic (exact) mass is 414 g/mol. The number of esters is 1. The van der Waals surface area contributed by atoms with Gasteiger partial charge in [0.25, 0.3) is 11.6 Å². The summed E-state index contributed by atoms with van der Waals surface area (Å²) < 4.78 is 15.5. The van der Waals surface area contributed by atoms with Crippen LogP contribution < -0.4 is 14.8 Å². The fourth-order valence-electron chi connectivity index (χ4n) is 3.19. The molecule has 9 heteroatoms. The zero-order valence-corrected chi connectivity index (χ0v) is 16.7. The molecule has 0 saturated carbocycles. The van der Waals surface area contributed by atoms with Crippen molar-refractivity contribution in [3.8, 4) is 11.5 Å². The summed E-state index contributed by atoms with van der Waals surface area (Å²) in [5, 5.41) is 13.6. The minimum atomic E-state index is -1.16. The molecular weight excluding hydrogens is 392 g/mol. The maximum atomic E-state index is 12.3. The highest BCUT2D eigenvalue weighted by molar-refractivity contribution is 5.97. The van der Waals surface area contributed by atoms with Crippen LogP contribution in [-0.2, 0) is 27.2 Å². The van der Waals surface area contributed by atoms with Gasteiger partial charge in [-0.15, -0.1) is 0 Å². The lowest BCUT2D eigenvalue weighted by atomic mass is 10.1. The van der Waals surface area contributed by atoms with E-state index in [-0.39, 0.29) is 23.7 Å². The van der Waals surface area contributed by atoms with Crippen LogP contribution in [0.15, 0.2) is 36.4 Å². The van der Waals surface area contributed by atoms with Crippen LogP contribution in [0.4, 0.5) is 11.4 Å². The smallest absolute Gasteiger partial charge is 0.344 e. The van der Waals surface area contributed by atoms with Gasteiger partial charge in [-0.2, -0.15) is 0 Å². The number of nitrogens with zero attached hydrogens (tertiary/aromatic N) is 1. The van der Waals surface area contributed by atoms with Crippen molar-refractivity contribution in [2.45, 2.75) is 32.3 Å². The Balaban J connectivity index is 1.54. The number of carbonyl (C=O) groups is 2. The molecule has 2 aromatic rings. The van der Waals surface area contributed by atoms with Crippen molar-refractivity contribution in [2.75, 3.05) is 19.0 Å². The fraction of sp³-hybridized carbons (Fsp3) is 0.333. The molecule has 0 fully saturated rings. The highest BCUT2D eigenvalue weighted by Gasteiger charge is 2.23. The van der Waals surface area contributed by atoms with Gasteiger partial charge in [0.05, 0.1) is 18.1 Å². The first-order valence-corrected chi connectivity index (χ1v) is 9.44. The lowest BCUT2D eigenvalue weighted by Gasteiger charge is -2.14. The molecule has 1 amide bonds. The van der Waals surface area contributed by atoms with E-state index in [0.717, 1.165) is 19.3 Å². The summed E-state index contributed by atoms with van der Waals surface area (Å²) in [6.07, 6.45) is 1.99. The summed E-state index contributed by atoms with van der Waals surface area (Å²) >= 11 is 0. The Labute approximate surface area is 173 Å². The van der Waals surface area contributed by atoms with Crippen LogP contribution in [0.3, 0.4) is 0 Å². The second-order valence-electron chi connectivity index (χ2n) is 6.83. The van der Waals surface area contributed by atoms with E-state index in [9.17, 15) is 19.7 Å². The number of nitro groups is 1. The standard InChI is InChI=1S/C21H22N2O7/c1-13(21(25)22-18-9-8-16(28-2)11-19(18)23(26)27)30-20(24)12-29-17-7-6-14-4-3-5-15(14)10-17/h6-11,13H,3-5,12H2,1-2H3,(H,22,25)/t13-/m0/s1. The molecule has 1 aliphatic rings. The van der Waals surface area contributed by atoms with Gasteiger partial charge in [0.1, 0.15) is 17.2 Å². The maximum absolute atomic E-state index is 12.3. The molecule has 0 bridgehead atoms. The third kappa shape index (κ3) is 5.05. The lowest BCUT2D eigenvalue weighted by Crippen LogP contribution is -2.31. The second kappa shape index (κ2) is 9.25. The largest absolute Gasteiger partial charge is 0.496 e. The van der Waals surface area contributed by atoms with E-state index < -0.39 is 22.9 Å². The van der Waals surface area contributed by atoms with Gasteiger partial charge in [0.2, 0.25) is 0 Å². The van der Waals surface area contributed by atoms with Crippen molar-refractivity contribution >= 4 is 23.3 Å². The Morgan fingerprint density at radius 3 is 2.60 bits per heavy atom. The first kappa shape index (κ1) is 21.1. The van der Waals surface area contributed by atoms with Crippen LogP contribution in [0.1, 0.15) is 24.5 Å². The Bertz CT molecular complexity index is 974. The van der Waals surface area contributed by atoms with Crippen LogP contribution in [-0.4, -0.2) is 36.6 Å². The SMILES string of the molecule is COc1ccc(NC(=O)[C@H](C)OC(=O)COc2ccc3c(c2)CCC3)c([N+](=O)[O-])c1. The number of anilines is 1. The number of hydrogen-bond donors (Lipinski definition) is 1. The summed E-state index contributed by atoms with van der Waals surface area (Å²) in [6.45, 7) is 1.02. The van der Waals surface area contributed by atoms with Crippen LogP contribution in [0.25, 0.3) is 0 Å². The fourth-order valence-corrected chi connectivity index (χ4v) is 3.19. The van der Waals surface area contributed by atoms with Crippen molar-refractivity contribution in [3.63, 3.8) is 0 Å². The van der Waals surface area contributed by atoms with Gasteiger partial charge in [-0.1, -0.05) is 6.07 Å². The summed E-state index contributed by atoms with van der Waals surface area (Å²) in [4.78, 5) is 34.9. The highest BCUT2D eigenvalue weighted by atomic mass is 16.6. The molecule has 1 N–H and O–H groups in total. The average molecular weight is 414 g/mol. The number of methoxy groups -OCH3 is 1. The van der Waals surface area contributed by atoms with Crippen LogP contribution in [0.5, 0.6) is 11.5 Å². The third-order valence-corrected chi connectivity index (χ3v) is 4.76. The van der Waals surface area contributed by atoms with Crippen LogP contribution in [0.2, 0.25) is 0 Å². The van der Waals surface area contributed by atoms with E-state index in [1.165, 1.54) is 43.4 Å². The quantitative estimate of drug-likeness (QED) is 0.401. The number of nitro benzene ring substituents is 1. The highest BCUT2D eigenvalue weighted by Crippen LogP contribution is 2.29. The average Bonchev–Trinajstić information content (AvgIpc) is 3.20. The van der Waals surface area contributed by atoms with E-state index in [2.05, 4.69) is 5.32 Å². The van der Waals surface area contributed by atoms with E-state index in [1.54, 1.807) is 6.07 Å². The van der Waals surface area contributed by atoms with Gasteiger partial charge in [-0.3, -0.25) is 14.9 Å². The van der Waals surface area contributed by atoms with Gasteiger partial charge in [0, 0.05) is 0 Å². The molecule has 1 atom stereocenters. The summed E-state index contributed by atoms with van der Waals surface area (Å²) in [7, 11) is 1.38. The first-order valence-electron chi connectivity index (χ1n) is 9.44. The number of carbonyl (C=O) groups excluding carboxylic acids is 2. The van der Waals surface area contributed by atoms with Gasteiger partial charge >= 0.3 is 5.97 Å². The molecule has 0 aromatic heterocycles. The van der Waals surface area contributed by atoms with Gasteiger partial charge < -0.3 is 19.5 Å². The Kier molecular flexibility index (Phi) is 6.51. The Morgan fingerprint density at radius 2 is 1.87 bits per heavy atom. The summed E-state index contributed by atoms with van der Waals surface area (Å²) in [5.41, 5.74) is 2.15. The minimum absolute atomic E-state index is 0.0249. The normalized spacial score (nSPS) is 13.1. The number of hydrogen-bond acceptors (Lipinski definition) is 7. The van der Waals surface area contributed by atoms with Gasteiger partial charge in [0.15, 0.2) is 12.7 Å². The number of benzene rings is 2. The number of fused-ring (bicyclic) bond motifs is 1.